The molecule has 2 fully saturated rings. The van der Waals surface area contributed by atoms with E-state index in [9.17, 15) is 70.2 Å². The number of esters is 1. The lowest BCUT2D eigenvalue weighted by atomic mass is 9.82. The van der Waals surface area contributed by atoms with Crippen LogP contribution < -0.4 is 21.3 Å². The number of carbonyl (C=O) groups excluding carboxylic acids is 4. The minimum Gasteiger partial charge on any atom is -0.462 e. The highest BCUT2D eigenvalue weighted by atomic mass is 16.7. The number of allylic oxidation sites excluding steroid dienone is 12. The van der Waals surface area contributed by atoms with Crippen molar-refractivity contribution in [1.29, 1.82) is 0 Å². The van der Waals surface area contributed by atoms with Crippen LogP contribution in [0.4, 0.5) is 5.69 Å². The van der Waals surface area contributed by atoms with Crippen molar-refractivity contribution in [2.45, 2.75) is 196 Å². The summed E-state index contributed by atoms with van der Waals surface area (Å²) < 4.78 is 46.4. The molecule has 26 nitrogen and oxygen atoms in total. The highest BCUT2D eigenvalue weighted by Crippen LogP contribution is 2.39. The highest BCUT2D eigenvalue weighted by molar-refractivity contribution is 5.95. The molecule has 4 heterocycles. The van der Waals surface area contributed by atoms with Crippen LogP contribution in [-0.2, 0) is 63.6 Å². The van der Waals surface area contributed by atoms with E-state index in [4.69, 9.17) is 43.6 Å². The second kappa shape index (κ2) is 44.9. The Kier molecular flexibility index (Phi) is 37.1. The molecule has 19 atom stereocenters. The third-order valence-corrected chi connectivity index (χ3v) is 18.0. The first kappa shape index (κ1) is 84.3. The number of amides is 3. The fourth-order valence-corrected chi connectivity index (χ4v) is 12.0. The Morgan fingerprint density at radius 3 is 1.85 bits per heavy atom. The molecule has 0 aromatic heterocycles. The minimum atomic E-state index is -2.35. The van der Waals surface area contributed by atoms with Crippen LogP contribution in [0, 0.1) is 29.6 Å². The zero-order chi connectivity index (χ0) is 74.0. The van der Waals surface area contributed by atoms with Gasteiger partial charge in [-0.05, 0) is 56.9 Å². The Bertz CT molecular complexity index is 3170. The first-order valence-electron chi connectivity index (χ1n) is 35.2. The average Bonchev–Trinajstić information content (AvgIpc) is 0.791. The third-order valence-electron chi connectivity index (χ3n) is 18.0. The molecule has 2 aromatic carbocycles. The fraction of sp³-hybridized carbons (Fsp3) is 0.579. The molecule has 2 aromatic rings. The number of fused-ring (bicyclic) bond motifs is 4. The minimum absolute atomic E-state index is 0.0254. The monoisotopic (exact) mass is 1430 g/mol. The lowest BCUT2D eigenvalue weighted by Gasteiger charge is -2.46. The van der Waals surface area contributed by atoms with Crippen molar-refractivity contribution < 1.29 is 108 Å². The van der Waals surface area contributed by atoms with Crippen molar-refractivity contribution in [3.63, 3.8) is 0 Å². The van der Waals surface area contributed by atoms with E-state index >= 15 is 0 Å². The topological polar surface area (TPSA) is 398 Å². The van der Waals surface area contributed by atoms with Crippen LogP contribution in [0.2, 0.25) is 0 Å². The second-order valence-corrected chi connectivity index (χ2v) is 26.2. The number of nitrogens with two attached hydrogens (primary N) is 1. The Hall–Kier alpha value is -6.66. The van der Waals surface area contributed by atoms with Gasteiger partial charge in [0, 0.05) is 74.6 Å². The van der Waals surface area contributed by atoms with Crippen molar-refractivity contribution in [2.75, 3.05) is 70.8 Å². The van der Waals surface area contributed by atoms with Gasteiger partial charge in [0.1, 0.15) is 12.2 Å². The summed E-state index contributed by atoms with van der Waals surface area (Å²) in [5.74, 6) is 0.0609. The van der Waals surface area contributed by atoms with Gasteiger partial charge < -0.3 is 110 Å². The van der Waals surface area contributed by atoms with Gasteiger partial charge in [-0.2, -0.15) is 0 Å². The van der Waals surface area contributed by atoms with E-state index in [1.807, 2.05) is 79.8 Å². The number of nitrogens with zero attached hydrogens (tertiary/aromatic N) is 1. The number of carbonyl (C=O) groups is 4. The third kappa shape index (κ3) is 29.1. The van der Waals surface area contributed by atoms with Crippen LogP contribution in [0.1, 0.15) is 109 Å². The maximum atomic E-state index is 14.2. The molecule has 26 heteroatoms. The number of hydrogen-bond acceptors (Lipinski definition) is 23. The molecule has 4 aliphatic heterocycles. The summed E-state index contributed by atoms with van der Waals surface area (Å²) >= 11 is 0. The van der Waals surface area contributed by atoms with E-state index in [2.05, 4.69) is 22.5 Å². The Morgan fingerprint density at radius 2 is 1.19 bits per heavy atom. The van der Waals surface area contributed by atoms with E-state index in [-0.39, 0.29) is 122 Å². The van der Waals surface area contributed by atoms with Crippen LogP contribution in [0.25, 0.3) is 0 Å². The lowest BCUT2D eigenvalue weighted by Crippen LogP contribution is -2.62. The second-order valence-electron chi connectivity index (χ2n) is 26.2. The first-order valence-corrected chi connectivity index (χ1v) is 35.2. The molecular weight excluding hydrogens is 1320 g/mol. The summed E-state index contributed by atoms with van der Waals surface area (Å²) in [6.45, 7) is 8.76. The van der Waals surface area contributed by atoms with Gasteiger partial charge in [-0.3, -0.25) is 19.2 Å². The van der Waals surface area contributed by atoms with Crippen LogP contribution in [0.3, 0.4) is 0 Å². The van der Waals surface area contributed by atoms with E-state index in [1.54, 1.807) is 86.4 Å². The van der Waals surface area contributed by atoms with Gasteiger partial charge in [0.15, 0.2) is 12.1 Å². The number of rotatable bonds is 21. The van der Waals surface area contributed by atoms with E-state index < -0.39 is 147 Å². The molecule has 2 saturated heterocycles. The number of hydrogen-bond donors (Lipinski definition) is 13. The van der Waals surface area contributed by atoms with E-state index in [1.165, 1.54) is 0 Å². The SMILES string of the molecule is C[C@@H]1[C@H](O)[C@@H](C)/C=C/C=C/C=C/C=C/C=C/C=C/C=C/[C@H](O[C@@H]2O[C@H](C)[C@@H](O)C(N)[C@@H]2O)CC2O[C@](O)(C[C@@H](O)C[C@@H](O)[C@H](O)CC[C@@H](O)C[C@@H](O)CC(=O)O[C@H]1C)C[C@H](O)[C@H]2C(=O)NCCOCCOCCOCCOCCC(=O)NCCC(=O)N1Cc2ccccc2C#Cc2ccccc21. The summed E-state index contributed by atoms with van der Waals surface area (Å²) in [6, 6.07) is 14.0. The largest absolute Gasteiger partial charge is 0.462 e. The van der Waals surface area contributed by atoms with Gasteiger partial charge in [0.2, 0.25) is 17.7 Å². The van der Waals surface area contributed by atoms with Crippen LogP contribution in [0.15, 0.2) is 134 Å². The zero-order valence-corrected chi connectivity index (χ0v) is 58.8. The number of para-hydroxylation sites is 1. The smallest absolute Gasteiger partial charge is 0.308 e. The van der Waals surface area contributed by atoms with Crippen molar-refractivity contribution in [1.82, 2.24) is 10.6 Å². The Balaban J connectivity index is 0.990. The molecular formula is C76H108N4O22. The van der Waals surface area contributed by atoms with Crippen molar-refractivity contribution in [2.24, 2.45) is 23.5 Å². The van der Waals surface area contributed by atoms with Gasteiger partial charge >= 0.3 is 5.97 Å². The lowest BCUT2D eigenvalue weighted by molar-refractivity contribution is -0.307. The molecule has 0 radical (unpaired) electrons. The number of ether oxygens (including phenoxy) is 8. The molecule has 0 saturated carbocycles. The van der Waals surface area contributed by atoms with Gasteiger partial charge in [-0.15, -0.1) is 0 Å². The fourth-order valence-electron chi connectivity index (χ4n) is 12.0. The Morgan fingerprint density at radius 1 is 0.598 bits per heavy atom. The predicted octanol–water partition coefficient (Wildman–Crippen LogP) is 2.65. The van der Waals surface area contributed by atoms with Gasteiger partial charge in [0.05, 0.1) is 151 Å². The summed E-state index contributed by atoms with van der Waals surface area (Å²) in [4.78, 5) is 54.7. The normalized spacial score (nSPS) is 33.5. The predicted molar refractivity (Wildman–Crippen MR) is 378 cm³/mol. The number of aliphatic hydroxyl groups excluding tert-OH is 9. The van der Waals surface area contributed by atoms with Gasteiger partial charge in [-0.1, -0.05) is 141 Å². The molecule has 2 bridgehead atoms. The summed E-state index contributed by atoms with van der Waals surface area (Å²) in [5.41, 5.74) is 9.45. The number of benzene rings is 2. The maximum Gasteiger partial charge on any atom is 0.308 e. The van der Waals surface area contributed by atoms with E-state index in [0.717, 1.165) is 22.4 Å². The van der Waals surface area contributed by atoms with E-state index in [0.29, 0.717) is 6.54 Å². The van der Waals surface area contributed by atoms with Crippen molar-refractivity contribution in [3.8, 4) is 11.8 Å². The maximum absolute atomic E-state index is 14.2. The molecule has 6 rings (SSSR count). The van der Waals surface area contributed by atoms with Gasteiger partial charge in [0.25, 0.3) is 0 Å². The number of cyclic esters (lactones) is 1. The Labute approximate surface area is 598 Å². The summed E-state index contributed by atoms with van der Waals surface area (Å²) in [7, 11) is 0. The first-order chi connectivity index (χ1) is 48.9. The standard InChI is InChI=1S/C76H108N4O22/c1-50-21-15-13-11-9-7-5-6-8-10-12-14-16-25-60(101-75-73(92)70(77)72(91)53(4)100-75)46-65-69(64(86)48-76(94,102-65)47-59(83)44-63(85)62(84)30-29-57(81)43-58(82)45-68(89)99-52(3)51(2)71(50)90)74(93)79-34-36-96-38-40-98-42-41-97-39-37-95-35-32-66(87)78-33-31-67(88)80-49-56-24-18-17-22-54(56)27-28-55-23-19-20-26-61(55)80/h5-26,50-53,57-60,62-65,69-73,75,81-86,90-92,94H,29-49,77H2,1-4H3,(H,78,87)(H,79,93)/b6-5+,9-7+,10-8+,13-11+,14-12+,21-15+,25-16+/t50-,51-,52-,53+,57+,58+,59-,60-,62+,63+,64-,65?,69+,70?,71+,72+,73-,75-,76+/m0/s1. The summed E-state index contributed by atoms with van der Waals surface area (Å²) in [6.07, 6.45) is 3.71. The van der Waals surface area contributed by atoms with Crippen molar-refractivity contribution in [3.05, 3.63) is 150 Å². The van der Waals surface area contributed by atoms with Crippen molar-refractivity contribution >= 4 is 29.4 Å². The highest BCUT2D eigenvalue weighted by Gasteiger charge is 2.51. The number of aliphatic hydroxyl groups is 10. The number of nitrogens with one attached hydrogen (secondary N) is 2. The molecule has 2 unspecified atom stereocenters. The molecule has 4 aliphatic rings. The molecule has 102 heavy (non-hydrogen) atoms. The zero-order valence-electron chi connectivity index (χ0n) is 58.8. The number of anilines is 1. The van der Waals surface area contributed by atoms with Crippen LogP contribution in [-0.4, -0.2) is 238 Å². The molecule has 0 aliphatic carbocycles. The summed E-state index contributed by atoms with van der Waals surface area (Å²) in [5, 5.41) is 117. The molecule has 564 valence electrons. The molecule has 0 spiro atoms. The van der Waals surface area contributed by atoms with Crippen LogP contribution >= 0.6 is 0 Å². The molecule has 3 amide bonds. The quantitative estimate of drug-likeness (QED) is 0.0485. The average molecular weight is 1430 g/mol. The van der Waals surface area contributed by atoms with Gasteiger partial charge in [-0.25, -0.2) is 0 Å². The molecule has 14 N–H and O–H groups in total. The van der Waals surface area contributed by atoms with Crippen LogP contribution in [0.5, 0.6) is 0 Å².